The third-order valence-corrected chi connectivity index (χ3v) is 7.50. The largest absolute Gasteiger partial charge is 0.497 e. The summed E-state index contributed by atoms with van der Waals surface area (Å²) in [5, 5.41) is 7.55. The Labute approximate surface area is 210 Å². The molecule has 1 saturated heterocycles. The number of halogens is 1. The molecule has 1 aromatic carbocycles. The van der Waals surface area contributed by atoms with Gasteiger partial charge in [0.2, 0.25) is 5.91 Å². The highest BCUT2D eigenvalue weighted by Gasteiger charge is 2.21. The number of ether oxygens (including phenoxy) is 1. The Hall–Kier alpha value is -2.55. The molecule has 2 aromatic heterocycles. The van der Waals surface area contributed by atoms with Crippen LogP contribution >= 0.6 is 24.2 Å². The number of benzene rings is 1. The average molecular weight is 500 g/mol. The van der Waals surface area contributed by atoms with E-state index in [4.69, 9.17) is 4.74 Å². The fraction of sp³-hybridized carbons (Fsp3) is 0.400. The smallest absolute Gasteiger partial charge is 0.235 e. The second-order valence-electron chi connectivity index (χ2n) is 8.60. The van der Waals surface area contributed by atoms with Gasteiger partial charge in [-0.2, -0.15) is 0 Å². The van der Waals surface area contributed by atoms with Crippen molar-refractivity contribution in [3.05, 3.63) is 48.3 Å². The number of thioether (sulfide) groups is 1. The molecular weight excluding hydrogens is 470 g/mol. The van der Waals surface area contributed by atoms with E-state index in [2.05, 4.69) is 43.7 Å². The monoisotopic (exact) mass is 499 g/mol. The Kier molecular flexibility index (Phi) is 8.13. The maximum absolute atomic E-state index is 11.6. The number of piperidine rings is 1. The van der Waals surface area contributed by atoms with E-state index in [1.54, 1.807) is 18.9 Å². The zero-order valence-electron chi connectivity index (χ0n) is 19.3. The van der Waals surface area contributed by atoms with Crippen LogP contribution in [0.15, 0.2) is 47.5 Å². The predicted molar refractivity (Wildman–Crippen MR) is 140 cm³/mol. The van der Waals surface area contributed by atoms with Gasteiger partial charge in [-0.1, -0.05) is 0 Å². The SMILES string of the molecule is COc1ccc2nccc(N3CCC(CCNCc4ccc5c(n4)NC(=O)CS5)CC3)c2c1.Cl. The molecule has 4 heterocycles. The minimum Gasteiger partial charge on any atom is -0.497 e. The summed E-state index contributed by atoms with van der Waals surface area (Å²) in [5.41, 5.74) is 3.22. The highest BCUT2D eigenvalue weighted by molar-refractivity contribution is 8.00. The van der Waals surface area contributed by atoms with Gasteiger partial charge in [0, 0.05) is 36.9 Å². The van der Waals surface area contributed by atoms with Gasteiger partial charge in [0.25, 0.3) is 0 Å². The zero-order chi connectivity index (χ0) is 22.6. The molecule has 0 atom stereocenters. The lowest BCUT2D eigenvalue weighted by atomic mass is 9.93. The molecule has 0 bridgehead atoms. The Balaban J connectivity index is 0.00000274. The first kappa shape index (κ1) is 24.6. The number of rotatable bonds is 7. The third kappa shape index (κ3) is 5.56. The Bertz CT molecular complexity index is 1150. The minimum absolute atomic E-state index is 0. The summed E-state index contributed by atoms with van der Waals surface area (Å²) in [5.74, 6) is 2.78. The lowest BCUT2D eigenvalue weighted by Gasteiger charge is -2.34. The van der Waals surface area contributed by atoms with Crippen molar-refractivity contribution >= 4 is 52.5 Å². The maximum Gasteiger partial charge on any atom is 0.235 e. The van der Waals surface area contributed by atoms with Gasteiger partial charge >= 0.3 is 0 Å². The Morgan fingerprint density at radius 2 is 2.06 bits per heavy atom. The van der Waals surface area contributed by atoms with Crippen molar-refractivity contribution in [1.82, 2.24) is 15.3 Å². The molecule has 1 fully saturated rings. The highest BCUT2D eigenvalue weighted by Crippen LogP contribution is 2.32. The number of amides is 1. The van der Waals surface area contributed by atoms with Gasteiger partial charge in [-0.05, 0) is 68.1 Å². The summed E-state index contributed by atoms with van der Waals surface area (Å²) in [4.78, 5) is 24.2. The van der Waals surface area contributed by atoms with Gasteiger partial charge in [0.05, 0.1) is 29.0 Å². The summed E-state index contributed by atoms with van der Waals surface area (Å²) < 4.78 is 5.42. The van der Waals surface area contributed by atoms with Crippen LogP contribution in [0.3, 0.4) is 0 Å². The number of nitrogens with one attached hydrogen (secondary N) is 2. The molecular formula is C25H30ClN5O2S. The number of aromatic nitrogens is 2. The molecule has 5 rings (SSSR count). The van der Waals surface area contributed by atoms with E-state index in [0.717, 1.165) is 65.8 Å². The molecule has 0 radical (unpaired) electrons. The molecule has 2 N–H and O–H groups in total. The lowest BCUT2D eigenvalue weighted by molar-refractivity contribution is -0.113. The molecule has 2 aliphatic rings. The van der Waals surface area contributed by atoms with Crippen molar-refractivity contribution in [3.8, 4) is 5.75 Å². The summed E-state index contributed by atoms with van der Waals surface area (Å²) in [7, 11) is 1.70. The van der Waals surface area contributed by atoms with Crippen LogP contribution in [0.2, 0.25) is 0 Å². The van der Waals surface area contributed by atoms with E-state index >= 15 is 0 Å². The molecule has 0 unspecified atom stereocenters. The fourth-order valence-electron chi connectivity index (χ4n) is 4.60. The van der Waals surface area contributed by atoms with E-state index in [1.165, 1.54) is 18.5 Å². The summed E-state index contributed by atoms with van der Waals surface area (Å²) in [6.45, 7) is 3.81. The zero-order valence-corrected chi connectivity index (χ0v) is 20.9. The van der Waals surface area contributed by atoms with Crippen LogP contribution in [0, 0.1) is 5.92 Å². The number of hydrogen-bond donors (Lipinski definition) is 2. The summed E-state index contributed by atoms with van der Waals surface area (Å²) >= 11 is 1.54. The number of hydrogen-bond acceptors (Lipinski definition) is 7. The van der Waals surface area contributed by atoms with Crippen LogP contribution < -0.4 is 20.3 Å². The molecule has 0 saturated carbocycles. The van der Waals surface area contributed by atoms with Crippen molar-refractivity contribution < 1.29 is 9.53 Å². The van der Waals surface area contributed by atoms with E-state index < -0.39 is 0 Å². The highest BCUT2D eigenvalue weighted by atomic mass is 35.5. The first-order valence-corrected chi connectivity index (χ1v) is 12.5. The Morgan fingerprint density at radius 1 is 1.21 bits per heavy atom. The molecule has 3 aromatic rings. The third-order valence-electron chi connectivity index (χ3n) is 6.45. The average Bonchev–Trinajstić information content (AvgIpc) is 2.86. The van der Waals surface area contributed by atoms with Gasteiger partial charge in [-0.15, -0.1) is 24.2 Å². The van der Waals surface area contributed by atoms with Gasteiger partial charge in [-0.25, -0.2) is 4.98 Å². The van der Waals surface area contributed by atoms with Crippen LogP contribution in [0.25, 0.3) is 10.9 Å². The maximum atomic E-state index is 11.6. The first-order chi connectivity index (χ1) is 16.2. The van der Waals surface area contributed by atoms with E-state index in [1.807, 2.05) is 24.4 Å². The normalized spacial score (nSPS) is 16.0. The van der Waals surface area contributed by atoms with E-state index in [0.29, 0.717) is 11.6 Å². The number of fused-ring (bicyclic) bond motifs is 2. The molecule has 180 valence electrons. The van der Waals surface area contributed by atoms with Crippen molar-refractivity contribution in [2.24, 2.45) is 5.92 Å². The summed E-state index contributed by atoms with van der Waals surface area (Å²) in [6, 6.07) is 12.3. The number of carbonyl (C=O) groups is 1. The van der Waals surface area contributed by atoms with Gasteiger partial charge in [0.15, 0.2) is 0 Å². The minimum atomic E-state index is 0. The summed E-state index contributed by atoms with van der Waals surface area (Å²) in [6.07, 6.45) is 5.45. The van der Waals surface area contributed by atoms with Gasteiger partial charge in [-0.3, -0.25) is 9.78 Å². The number of anilines is 2. The predicted octanol–water partition coefficient (Wildman–Crippen LogP) is 4.50. The van der Waals surface area contributed by atoms with Crippen LogP contribution in [0.4, 0.5) is 11.5 Å². The second kappa shape index (κ2) is 11.3. The standard InChI is InChI=1S/C25H29N5O2S.ClH/c1-32-19-3-4-21-20(14-19)22(7-11-27-21)30-12-8-17(9-13-30)6-10-26-15-18-2-5-23-25(28-18)29-24(31)16-33-23;/h2-5,7,11,14,17,26H,6,8-10,12-13,15-16H2,1H3,(H,28,29,31);1H. The number of pyridine rings is 2. The van der Waals surface area contributed by atoms with Gasteiger partial charge < -0.3 is 20.3 Å². The first-order valence-electron chi connectivity index (χ1n) is 11.5. The van der Waals surface area contributed by atoms with Crippen molar-refractivity contribution in [2.45, 2.75) is 30.7 Å². The van der Waals surface area contributed by atoms with Crippen molar-refractivity contribution in [1.29, 1.82) is 0 Å². The van der Waals surface area contributed by atoms with Crippen LogP contribution in [-0.2, 0) is 11.3 Å². The molecule has 1 amide bonds. The molecule has 0 aliphatic carbocycles. The number of methoxy groups -OCH3 is 1. The molecule has 2 aliphatic heterocycles. The second-order valence-corrected chi connectivity index (χ2v) is 9.61. The van der Waals surface area contributed by atoms with E-state index in [9.17, 15) is 4.79 Å². The Morgan fingerprint density at radius 3 is 2.88 bits per heavy atom. The van der Waals surface area contributed by atoms with Crippen LogP contribution in [0.1, 0.15) is 25.0 Å². The topological polar surface area (TPSA) is 79.4 Å². The number of nitrogens with zero attached hydrogens (tertiary/aromatic N) is 3. The van der Waals surface area contributed by atoms with Crippen molar-refractivity contribution in [3.63, 3.8) is 0 Å². The molecule has 7 nitrogen and oxygen atoms in total. The van der Waals surface area contributed by atoms with Crippen LogP contribution in [-0.4, -0.2) is 48.4 Å². The fourth-order valence-corrected chi connectivity index (χ4v) is 5.36. The van der Waals surface area contributed by atoms with Crippen molar-refractivity contribution in [2.75, 3.05) is 42.7 Å². The number of carbonyl (C=O) groups excluding carboxylic acids is 1. The lowest BCUT2D eigenvalue weighted by Crippen LogP contribution is -2.34. The van der Waals surface area contributed by atoms with E-state index in [-0.39, 0.29) is 18.3 Å². The molecule has 9 heteroatoms. The van der Waals surface area contributed by atoms with Crippen LogP contribution in [0.5, 0.6) is 5.75 Å². The molecule has 34 heavy (non-hydrogen) atoms. The quantitative estimate of drug-likeness (QED) is 0.463. The van der Waals surface area contributed by atoms with Gasteiger partial charge in [0.1, 0.15) is 11.6 Å². The molecule has 0 spiro atoms.